The van der Waals surface area contributed by atoms with E-state index >= 15 is 0 Å². The van der Waals surface area contributed by atoms with E-state index in [1.807, 2.05) is 23.1 Å². The Morgan fingerprint density at radius 2 is 2.35 bits per heavy atom. The van der Waals surface area contributed by atoms with Gasteiger partial charge in [0, 0.05) is 36.9 Å². The Morgan fingerprint density at radius 1 is 1.38 bits per heavy atom. The third-order valence-corrected chi connectivity index (χ3v) is 5.96. The molecule has 0 radical (unpaired) electrons. The fraction of sp³-hybridized carbons (Fsp3) is 0.619. The van der Waals surface area contributed by atoms with Gasteiger partial charge in [-0.1, -0.05) is 12.1 Å². The highest BCUT2D eigenvalue weighted by molar-refractivity contribution is 5.93. The quantitative estimate of drug-likeness (QED) is 0.813. The van der Waals surface area contributed by atoms with Crippen LogP contribution >= 0.6 is 0 Å². The van der Waals surface area contributed by atoms with Gasteiger partial charge in [-0.05, 0) is 50.7 Å². The summed E-state index contributed by atoms with van der Waals surface area (Å²) in [6, 6.07) is 5.87. The zero-order valence-corrected chi connectivity index (χ0v) is 15.4. The van der Waals surface area contributed by atoms with Crippen LogP contribution < -0.4 is 0 Å². The molecule has 1 aromatic rings. The molecule has 2 aliphatic heterocycles. The first-order valence-corrected chi connectivity index (χ1v) is 9.84. The monoisotopic (exact) mass is 356 g/mol. The lowest BCUT2D eigenvalue weighted by atomic mass is 9.73. The van der Waals surface area contributed by atoms with Crippen molar-refractivity contribution in [2.24, 2.45) is 5.41 Å². The molecular formula is C21H28N2O3. The zero-order chi connectivity index (χ0) is 17.8. The van der Waals surface area contributed by atoms with E-state index in [4.69, 9.17) is 9.47 Å². The lowest BCUT2D eigenvalue weighted by Gasteiger charge is -2.50. The van der Waals surface area contributed by atoms with Gasteiger partial charge >= 0.3 is 0 Å². The van der Waals surface area contributed by atoms with E-state index in [1.165, 1.54) is 0 Å². The second kappa shape index (κ2) is 7.89. The van der Waals surface area contributed by atoms with Gasteiger partial charge in [-0.15, -0.1) is 0 Å². The first-order chi connectivity index (χ1) is 12.8. The molecule has 0 aromatic carbocycles. The fourth-order valence-electron chi connectivity index (χ4n) is 4.58. The number of piperidine rings is 1. The van der Waals surface area contributed by atoms with Crippen LogP contribution in [0.25, 0.3) is 0 Å². The maximum atomic E-state index is 12.9. The van der Waals surface area contributed by atoms with Crippen LogP contribution in [0.5, 0.6) is 0 Å². The average molecular weight is 356 g/mol. The van der Waals surface area contributed by atoms with Crippen LogP contribution in [0.15, 0.2) is 36.0 Å². The van der Waals surface area contributed by atoms with Crippen molar-refractivity contribution in [1.82, 2.24) is 9.88 Å². The van der Waals surface area contributed by atoms with Gasteiger partial charge in [0.2, 0.25) is 5.91 Å². The highest BCUT2D eigenvalue weighted by Crippen LogP contribution is 2.41. The van der Waals surface area contributed by atoms with E-state index in [0.717, 1.165) is 69.5 Å². The summed E-state index contributed by atoms with van der Waals surface area (Å²) in [5.74, 6) is 0.232. The smallest absolute Gasteiger partial charge is 0.249 e. The lowest BCUT2D eigenvalue weighted by Crippen LogP contribution is -2.58. The maximum Gasteiger partial charge on any atom is 0.249 e. The minimum Gasteiger partial charge on any atom is -0.377 e. The number of pyridine rings is 1. The van der Waals surface area contributed by atoms with Crippen LogP contribution in [0.4, 0.5) is 0 Å². The first-order valence-electron chi connectivity index (χ1n) is 9.84. The molecule has 2 atom stereocenters. The minimum absolute atomic E-state index is 0.0832. The van der Waals surface area contributed by atoms with Gasteiger partial charge in [0.15, 0.2) is 0 Å². The lowest BCUT2D eigenvalue weighted by molar-refractivity contribution is -0.164. The van der Waals surface area contributed by atoms with Gasteiger partial charge in [0.05, 0.1) is 25.0 Å². The standard InChI is InChI=1S/C21H28N2O3/c24-20(17-6-1-2-7-17)23-12-9-19-21(15-23,10-5-13-26-19)16-25-14-18-8-3-4-11-22-18/h3-4,6,8,11,19H,1-2,5,7,9-10,12-16H2. The number of fused-ring (bicyclic) bond motifs is 1. The molecule has 0 spiro atoms. The van der Waals surface area contributed by atoms with Crippen molar-refractivity contribution in [2.75, 3.05) is 26.3 Å². The molecule has 1 aromatic heterocycles. The van der Waals surface area contributed by atoms with Crippen molar-refractivity contribution in [3.8, 4) is 0 Å². The van der Waals surface area contributed by atoms with Crippen LogP contribution in [0.3, 0.4) is 0 Å². The molecule has 0 bridgehead atoms. The molecule has 1 amide bonds. The van der Waals surface area contributed by atoms with E-state index in [1.54, 1.807) is 6.20 Å². The Morgan fingerprint density at radius 3 is 3.15 bits per heavy atom. The van der Waals surface area contributed by atoms with Crippen molar-refractivity contribution in [3.63, 3.8) is 0 Å². The molecule has 0 saturated carbocycles. The molecule has 5 heteroatoms. The molecule has 0 N–H and O–H groups in total. The number of carbonyl (C=O) groups is 1. The molecule has 2 unspecified atom stereocenters. The topological polar surface area (TPSA) is 51.7 Å². The van der Waals surface area contributed by atoms with Crippen molar-refractivity contribution in [1.29, 1.82) is 0 Å². The van der Waals surface area contributed by atoms with Crippen LogP contribution in [0, 0.1) is 5.41 Å². The normalized spacial score (nSPS) is 28.5. The fourth-order valence-corrected chi connectivity index (χ4v) is 4.58. The highest BCUT2D eigenvalue weighted by atomic mass is 16.5. The summed E-state index contributed by atoms with van der Waals surface area (Å²) in [4.78, 5) is 19.3. The van der Waals surface area contributed by atoms with Gasteiger partial charge in [-0.25, -0.2) is 0 Å². The summed E-state index contributed by atoms with van der Waals surface area (Å²) < 4.78 is 12.2. The molecule has 5 nitrogen and oxygen atoms in total. The largest absolute Gasteiger partial charge is 0.377 e. The van der Waals surface area contributed by atoms with Gasteiger partial charge in [0.25, 0.3) is 0 Å². The zero-order valence-electron chi connectivity index (χ0n) is 15.4. The van der Waals surface area contributed by atoms with Crippen molar-refractivity contribution >= 4 is 5.91 Å². The van der Waals surface area contributed by atoms with Crippen molar-refractivity contribution in [3.05, 3.63) is 41.7 Å². The summed E-state index contributed by atoms with van der Waals surface area (Å²) >= 11 is 0. The molecule has 3 aliphatic rings. The predicted molar refractivity (Wildman–Crippen MR) is 98.4 cm³/mol. The van der Waals surface area contributed by atoms with Crippen molar-refractivity contribution in [2.45, 2.75) is 51.2 Å². The molecule has 2 saturated heterocycles. The van der Waals surface area contributed by atoms with E-state index in [-0.39, 0.29) is 17.4 Å². The average Bonchev–Trinajstić information content (AvgIpc) is 3.22. The Bertz CT molecular complexity index is 660. The molecule has 26 heavy (non-hydrogen) atoms. The molecule has 3 heterocycles. The number of aromatic nitrogens is 1. The predicted octanol–water partition coefficient (Wildman–Crippen LogP) is 3.11. The van der Waals surface area contributed by atoms with Gasteiger partial charge < -0.3 is 14.4 Å². The number of hydrogen-bond acceptors (Lipinski definition) is 4. The van der Waals surface area contributed by atoms with Crippen LogP contribution in [-0.2, 0) is 20.9 Å². The van der Waals surface area contributed by atoms with Gasteiger partial charge in [0.1, 0.15) is 0 Å². The summed E-state index contributed by atoms with van der Waals surface area (Å²) in [5, 5.41) is 0. The van der Waals surface area contributed by atoms with Gasteiger partial charge in [-0.2, -0.15) is 0 Å². The second-order valence-electron chi connectivity index (χ2n) is 7.78. The Kier molecular flexibility index (Phi) is 5.36. The van der Waals surface area contributed by atoms with E-state index in [2.05, 4.69) is 11.1 Å². The molecule has 4 rings (SSSR count). The number of nitrogens with zero attached hydrogens (tertiary/aromatic N) is 2. The minimum atomic E-state index is -0.0832. The van der Waals surface area contributed by atoms with Gasteiger partial charge in [-0.3, -0.25) is 9.78 Å². The van der Waals surface area contributed by atoms with Crippen LogP contribution in [0.2, 0.25) is 0 Å². The summed E-state index contributed by atoms with van der Waals surface area (Å²) in [5.41, 5.74) is 1.86. The third kappa shape index (κ3) is 3.69. The molecule has 140 valence electrons. The Labute approximate surface area is 155 Å². The molecule has 1 aliphatic carbocycles. The van der Waals surface area contributed by atoms with E-state index in [0.29, 0.717) is 13.2 Å². The highest BCUT2D eigenvalue weighted by Gasteiger charge is 2.47. The maximum absolute atomic E-state index is 12.9. The number of carbonyl (C=O) groups excluding carboxylic acids is 1. The number of rotatable bonds is 5. The Balaban J connectivity index is 1.43. The number of allylic oxidation sites excluding steroid dienone is 1. The van der Waals surface area contributed by atoms with Crippen LogP contribution in [-0.4, -0.2) is 48.2 Å². The number of hydrogen-bond donors (Lipinski definition) is 0. The first kappa shape index (κ1) is 17.7. The Hall–Kier alpha value is -1.72. The summed E-state index contributed by atoms with van der Waals surface area (Å²) in [6.07, 6.45) is 10.2. The van der Waals surface area contributed by atoms with E-state index in [9.17, 15) is 4.79 Å². The van der Waals surface area contributed by atoms with Crippen molar-refractivity contribution < 1.29 is 14.3 Å². The molecule has 2 fully saturated rings. The number of ether oxygens (including phenoxy) is 2. The number of likely N-dealkylation sites (tertiary alicyclic amines) is 1. The van der Waals surface area contributed by atoms with E-state index < -0.39 is 0 Å². The SMILES string of the molecule is O=C(C1=CCCC1)N1CCC2OCCCC2(COCc2ccccn2)C1. The number of amides is 1. The third-order valence-electron chi connectivity index (χ3n) is 5.96. The van der Waals surface area contributed by atoms with Crippen LogP contribution in [0.1, 0.15) is 44.2 Å². The molecular weight excluding hydrogens is 328 g/mol. The summed E-state index contributed by atoms with van der Waals surface area (Å²) in [7, 11) is 0. The second-order valence-corrected chi connectivity index (χ2v) is 7.78. The summed E-state index contributed by atoms with van der Waals surface area (Å²) in [6.45, 7) is 3.50.